The highest BCUT2D eigenvalue weighted by atomic mass is 35.5. The van der Waals surface area contributed by atoms with Crippen molar-refractivity contribution >= 4 is 23.2 Å². The first kappa shape index (κ1) is 14.4. The Morgan fingerprint density at radius 2 is 1.79 bits per heavy atom. The van der Waals surface area contributed by atoms with E-state index in [0.717, 1.165) is 11.1 Å². The van der Waals surface area contributed by atoms with Crippen LogP contribution in [0.2, 0.25) is 10.0 Å². The Balaban J connectivity index is 2.05. The molecule has 2 aromatic carbocycles. The fourth-order valence-corrected chi connectivity index (χ4v) is 2.54. The third kappa shape index (κ3) is 3.97. The molecule has 0 aliphatic carbocycles. The van der Waals surface area contributed by atoms with E-state index in [1.54, 1.807) is 6.07 Å². The lowest BCUT2D eigenvalue weighted by atomic mass is 10.0. The number of benzene rings is 2. The van der Waals surface area contributed by atoms with Crippen LogP contribution in [0.25, 0.3) is 0 Å². The maximum absolute atomic E-state index is 10.2. The fourth-order valence-electron chi connectivity index (χ4n) is 2.14. The van der Waals surface area contributed by atoms with E-state index in [9.17, 15) is 5.11 Å². The van der Waals surface area contributed by atoms with Crippen molar-refractivity contribution in [1.29, 1.82) is 0 Å². The molecule has 2 aromatic rings. The van der Waals surface area contributed by atoms with Gasteiger partial charge in [0.05, 0.1) is 16.1 Å². The van der Waals surface area contributed by atoms with E-state index in [1.807, 2.05) is 37.3 Å². The molecule has 0 saturated carbocycles. The Kier molecular flexibility index (Phi) is 4.87. The van der Waals surface area contributed by atoms with E-state index in [1.165, 1.54) is 5.56 Å². The highest BCUT2D eigenvalue weighted by Gasteiger charge is 2.11. The van der Waals surface area contributed by atoms with Gasteiger partial charge in [-0.15, -0.1) is 0 Å². The zero-order valence-corrected chi connectivity index (χ0v) is 12.2. The SMILES string of the molecule is Cc1cccc(CC(O)Cc2cccc(Cl)c2Cl)c1. The van der Waals surface area contributed by atoms with Crippen LogP contribution in [-0.4, -0.2) is 11.2 Å². The smallest absolute Gasteiger partial charge is 0.0625 e. The predicted octanol–water partition coefficient (Wildman–Crippen LogP) is 4.45. The van der Waals surface area contributed by atoms with Gasteiger partial charge >= 0.3 is 0 Å². The van der Waals surface area contributed by atoms with Crippen LogP contribution in [0.1, 0.15) is 16.7 Å². The monoisotopic (exact) mass is 294 g/mol. The molecule has 2 rings (SSSR count). The summed E-state index contributed by atoms with van der Waals surface area (Å²) in [4.78, 5) is 0. The van der Waals surface area contributed by atoms with Crippen LogP contribution >= 0.6 is 23.2 Å². The van der Waals surface area contributed by atoms with Gasteiger partial charge in [0.2, 0.25) is 0 Å². The molecule has 0 bridgehead atoms. The highest BCUT2D eigenvalue weighted by Crippen LogP contribution is 2.26. The lowest BCUT2D eigenvalue weighted by Crippen LogP contribution is -2.14. The Bertz CT molecular complexity index is 566. The summed E-state index contributed by atoms with van der Waals surface area (Å²) in [6.07, 6.45) is 0.662. The number of hydrogen-bond donors (Lipinski definition) is 1. The van der Waals surface area contributed by atoms with Gasteiger partial charge in [0.1, 0.15) is 0 Å². The van der Waals surface area contributed by atoms with E-state index >= 15 is 0 Å². The van der Waals surface area contributed by atoms with E-state index in [0.29, 0.717) is 22.9 Å². The molecule has 0 radical (unpaired) electrons. The van der Waals surface area contributed by atoms with Crippen LogP contribution < -0.4 is 0 Å². The number of aliphatic hydroxyl groups excluding tert-OH is 1. The number of aryl methyl sites for hydroxylation is 1. The third-order valence-corrected chi connectivity index (χ3v) is 3.90. The van der Waals surface area contributed by atoms with Gasteiger partial charge in [-0.2, -0.15) is 0 Å². The first-order valence-electron chi connectivity index (χ1n) is 6.23. The van der Waals surface area contributed by atoms with Crippen molar-refractivity contribution in [2.75, 3.05) is 0 Å². The second-order valence-corrected chi connectivity index (χ2v) is 5.55. The average molecular weight is 295 g/mol. The molecule has 0 amide bonds. The summed E-state index contributed by atoms with van der Waals surface area (Å²) in [6.45, 7) is 2.05. The molecule has 3 heteroatoms. The molecule has 0 spiro atoms. The Hall–Kier alpha value is -1.02. The largest absolute Gasteiger partial charge is 0.392 e. The molecular formula is C16H16Cl2O. The van der Waals surface area contributed by atoms with Crippen molar-refractivity contribution in [2.24, 2.45) is 0 Å². The molecule has 0 aromatic heterocycles. The molecule has 1 N–H and O–H groups in total. The summed E-state index contributed by atoms with van der Waals surface area (Å²) in [5, 5.41) is 11.2. The summed E-state index contributed by atoms with van der Waals surface area (Å²) >= 11 is 12.1. The molecule has 0 fully saturated rings. The number of rotatable bonds is 4. The lowest BCUT2D eigenvalue weighted by molar-refractivity contribution is 0.175. The van der Waals surface area contributed by atoms with Gasteiger partial charge in [0.15, 0.2) is 0 Å². The van der Waals surface area contributed by atoms with E-state index in [2.05, 4.69) is 6.07 Å². The van der Waals surface area contributed by atoms with Gasteiger partial charge in [-0.3, -0.25) is 0 Å². The van der Waals surface area contributed by atoms with Crippen LogP contribution in [0, 0.1) is 6.92 Å². The molecule has 0 aliphatic heterocycles. The van der Waals surface area contributed by atoms with Crippen LogP contribution in [-0.2, 0) is 12.8 Å². The molecule has 0 heterocycles. The van der Waals surface area contributed by atoms with Crippen LogP contribution in [0.3, 0.4) is 0 Å². The molecular weight excluding hydrogens is 279 g/mol. The van der Waals surface area contributed by atoms with Crippen molar-refractivity contribution in [2.45, 2.75) is 25.9 Å². The summed E-state index contributed by atoms with van der Waals surface area (Å²) in [5.41, 5.74) is 3.21. The molecule has 0 saturated heterocycles. The minimum atomic E-state index is -0.460. The van der Waals surface area contributed by atoms with Gasteiger partial charge in [-0.25, -0.2) is 0 Å². The van der Waals surface area contributed by atoms with Gasteiger partial charge in [0.25, 0.3) is 0 Å². The molecule has 0 aliphatic rings. The molecule has 19 heavy (non-hydrogen) atoms. The van der Waals surface area contributed by atoms with Crippen LogP contribution in [0.4, 0.5) is 0 Å². The molecule has 1 atom stereocenters. The number of aliphatic hydroxyl groups is 1. The van der Waals surface area contributed by atoms with Crippen LogP contribution in [0.5, 0.6) is 0 Å². The normalized spacial score (nSPS) is 12.4. The van der Waals surface area contributed by atoms with Gasteiger partial charge in [-0.1, -0.05) is 65.2 Å². The number of halogens is 2. The summed E-state index contributed by atoms with van der Waals surface area (Å²) < 4.78 is 0. The first-order chi connectivity index (χ1) is 9.06. The van der Waals surface area contributed by atoms with E-state index in [-0.39, 0.29) is 0 Å². The first-order valence-corrected chi connectivity index (χ1v) is 6.98. The minimum Gasteiger partial charge on any atom is -0.392 e. The Morgan fingerprint density at radius 1 is 1.05 bits per heavy atom. The maximum Gasteiger partial charge on any atom is 0.0625 e. The average Bonchev–Trinajstić information content (AvgIpc) is 2.35. The third-order valence-electron chi connectivity index (χ3n) is 3.04. The standard InChI is InChI=1S/C16H16Cl2O/c1-11-4-2-5-12(8-11)9-14(19)10-13-6-3-7-15(17)16(13)18/h2-8,14,19H,9-10H2,1H3. The second-order valence-electron chi connectivity index (χ2n) is 4.76. The fraction of sp³-hybridized carbons (Fsp3) is 0.250. The van der Waals surface area contributed by atoms with Crippen molar-refractivity contribution in [1.82, 2.24) is 0 Å². The van der Waals surface area contributed by atoms with Crippen molar-refractivity contribution < 1.29 is 5.11 Å². The Morgan fingerprint density at radius 3 is 2.53 bits per heavy atom. The topological polar surface area (TPSA) is 20.2 Å². The lowest BCUT2D eigenvalue weighted by Gasteiger charge is -2.13. The number of hydrogen-bond acceptors (Lipinski definition) is 1. The van der Waals surface area contributed by atoms with Gasteiger partial charge < -0.3 is 5.11 Å². The summed E-state index contributed by atoms with van der Waals surface area (Å²) in [6, 6.07) is 13.7. The zero-order chi connectivity index (χ0) is 13.8. The predicted molar refractivity (Wildman–Crippen MR) is 81.1 cm³/mol. The molecule has 1 unspecified atom stereocenters. The molecule has 1 nitrogen and oxygen atoms in total. The van der Waals surface area contributed by atoms with E-state index in [4.69, 9.17) is 23.2 Å². The van der Waals surface area contributed by atoms with E-state index < -0.39 is 6.10 Å². The maximum atomic E-state index is 10.2. The van der Waals surface area contributed by atoms with Crippen LogP contribution in [0.15, 0.2) is 42.5 Å². The zero-order valence-electron chi connectivity index (χ0n) is 10.7. The second kappa shape index (κ2) is 6.42. The van der Waals surface area contributed by atoms with Crippen molar-refractivity contribution in [3.63, 3.8) is 0 Å². The van der Waals surface area contributed by atoms with Crippen molar-refractivity contribution in [3.8, 4) is 0 Å². The Labute approximate surface area is 123 Å². The van der Waals surface area contributed by atoms with Crippen molar-refractivity contribution in [3.05, 3.63) is 69.2 Å². The van der Waals surface area contributed by atoms with Gasteiger partial charge in [-0.05, 0) is 30.5 Å². The summed E-state index contributed by atoms with van der Waals surface area (Å²) in [7, 11) is 0. The summed E-state index contributed by atoms with van der Waals surface area (Å²) in [5.74, 6) is 0. The van der Waals surface area contributed by atoms with Gasteiger partial charge in [0, 0.05) is 6.42 Å². The highest BCUT2D eigenvalue weighted by molar-refractivity contribution is 6.42. The quantitative estimate of drug-likeness (QED) is 0.883. The minimum absolute atomic E-state index is 0.460. The molecule has 100 valence electrons.